The highest BCUT2D eigenvalue weighted by atomic mass is 16.1. The summed E-state index contributed by atoms with van der Waals surface area (Å²) in [5.41, 5.74) is 6.50. The van der Waals surface area contributed by atoms with Gasteiger partial charge in [0, 0.05) is 6.04 Å². The summed E-state index contributed by atoms with van der Waals surface area (Å²) in [6.45, 7) is 2.61. The van der Waals surface area contributed by atoms with E-state index in [4.69, 9.17) is 5.73 Å². The molecule has 1 aromatic carbocycles. The van der Waals surface area contributed by atoms with E-state index in [1.54, 1.807) is 0 Å². The summed E-state index contributed by atoms with van der Waals surface area (Å²) in [5, 5.41) is 0. The molecule has 3 nitrogen and oxygen atoms in total. The van der Waals surface area contributed by atoms with Crippen molar-refractivity contribution in [1.82, 2.24) is 4.90 Å². The summed E-state index contributed by atoms with van der Waals surface area (Å²) in [6.07, 6.45) is 0. The average molecular weight is 206 g/mol. The van der Waals surface area contributed by atoms with Crippen LogP contribution in [-0.4, -0.2) is 30.8 Å². The minimum absolute atomic E-state index is 0.0697. The number of hydrogen-bond donors (Lipinski definition) is 1. The topological polar surface area (TPSA) is 46.3 Å². The predicted octanol–water partition coefficient (Wildman–Crippen LogP) is 1.21. The number of carbonyl (C=O) groups is 1. The average Bonchev–Trinajstić information content (AvgIpc) is 2.29. The van der Waals surface area contributed by atoms with Crippen molar-refractivity contribution in [2.75, 3.05) is 20.1 Å². The zero-order valence-electron chi connectivity index (χ0n) is 9.31. The molecule has 82 valence electrons. The lowest BCUT2D eigenvalue weighted by atomic mass is 10.1. The number of ketones is 1. The number of benzene rings is 1. The first-order chi connectivity index (χ1) is 7.15. The third-order valence-electron chi connectivity index (χ3n) is 2.60. The van der Waals surface area contributed by atoms with Crippen LogP contribution in [0.3, 0.4) is 0 Å². The Hall–Kier alpha value is -1.19. The molecule has 0 saturated heterocycles. The maximum Gasteiger partial charge on any atom is 0.160 e. The van der Waals surface area contributed by atoms with Gasteiger partial charge in [0.1, 0.15) is 0 Å². The Morgan fingerprint density at radius 2 is 2.00 bits per heavy atom. The van der Waals surface area contributed by atoms with Crippen LogP contribution < -0.4 is 5.73 Å². The molecule has 1 atom stereocenters. The van der Waals surface area contributed by atoms with E-state index in [1.165, 1.54) is 5.56 Å². The number of hydrogen-bond acceptors (Lipinski definition) is 3. The van der Waals surface area contributed by atoms with Crippen molar-refractivity contribution in [2.45, 2.75) is 13.0 Å². The molecular formula is C12H18N2O. The van der Waals surface area contributed by atoms with Gasteiger partial charge >= 0.3 is 0 Å². The molecule has 0 amide bonds. The lowest BCUT2D eigenvalue weighted by molar-refractivity contribution is -0.119. The maximum atomic E-state index is 11.2. The fourth-order valence-electron chi connectivity index (χ4n) is 1.47. The number of nitrogens with zero attached hydrogens (tertiary/aromatic N) is 1. The Balaban J connectivity index is 2.61. The van der Waals surface area contributed by atoms with Gasteiger partial charge in [0.05, 0.1) is 13.1 Å². The highest BCUT2D eigenvalue weighted by Crippen LogP contribution is 2.17. The number of carbonyl (C=O) groups excluding carboxylic acids is 1. The van der Waals surface area contributed by atoms with Crippen molar-refractivity contribution in [3.05, 3.63) is 35.9 Å². The van der Waals surface area contributed by atoms with E-state index in [1.807, 2.05) is 30.1 Å². The van der Waals surface area contributed by atoms with E-state index in [2.05, 4.69) is 19.1 Å². The van der Waals surface area contributed by atoms with Crippen LogP contribution in [0.1, 0.15) is 18.5 Å². The third kappa shape index (κ3) is 3.46. The summed E-state index contributed by atoms with van der Waals surface area (Å²) >= 11 is 0. The van der Waals surface area contributed by atoms with Crippen LogP contribution >= 0.6 is 0 Å². The number of Topliss-reactive ketones (excluding diaryl/α,β-unsaturated/α-hetero) is 1. The van der Waals surface area contributed by atoms with Crippen molar-refractivity contribution in [3.63, 3.8) is 0 Å². The molecule has 15 heavy (non-hydrogen) atoms. The molecule has 0 aliphatic carbocycles. The van der Waals surface area contributed by atoms with Gasteiger partial charge in [0.25, 0.3) is 0 Å². The van der Waals surface area contributed by atoms with Gasteiger partial charge in [-0.15, -0.1) is 0 Å². The predicted molar refractivity (Wildman–Crippen MR) is 61.5 cm³/mol. The van der Waals surface area contributed by atoms with Crippen LogP contribution in [0.25, 0.3) is 0 Å². The second-order valence-electron chi connectivity index (χ2n) is 3.74. The summed E-state index contributed by atoms with van der Waals surface area (Å²) < 4.78 is 0. The van der Waals surface area contributed by atoms with Gasteiger partial charge in [0.15, 0.2) is 5.78 Å². The van der Waals surface area contributed by atoms with Gasteiger partial charge in [0.2, 0.25) is 0 Å². The Morgan fingerprint density at radius 1 is 1.40 bits per heavy atom. The molecule has 0 radical (unpaired) electrons. The van der Waals surface area contributed by atoms with Crippen LogP contribution in [0.4, 0.5) is 0 Å². The van der Waals surface area contributed by atoms with Crippen molar-refractivity contribution < 1.29 is 4.79 Å². The lowest BCUT2D eigenvalue weighted by Crippen LogP contribution is -2.32. The lowest BCUT2D eigenvalue weighted by Gasteiger charge is -2.24. The molecule has 1 unspecified atom stereocenters. The maximum absolute atomic E-state index is 11.2. The van der Waals surface area contributed by atoms with Gasteiger partial charge in [-0.25, -0.2) is 0 Å². The van der Waals surface area contributed by atoms with Crippen LogP contribution in [0, 0.1) is 0 Å². The number of rotatable bonds is 5. The fourth-order valence-corrected chi connectivity index (χ4v) is 1.47. The molecule has 0 aliphatic heterocycles. The largest absolute Gasteiger partial charge is 0.324 e. The van der Waals surface area contributed by atoms with Crippen LogP contribution in [-0.2, 0) is 4.79 Å². The highest BCUT2D eigenvalue weighted by Gasteiger charge is 2.13. The molecule has 0 heterocycles. The minimum atomic E-state index is 0.0697. The highest BCUT2D eigenvalue weighted by molar-refractivity contribution is 5.82. The Labute approximate surface area is 90.9 Å². The molecule has 3 heteroatoms. The van der Waals surface area contributed by atoms with E-state index in [-0.39, 0.29) is 18.4 Å². The zero-order valence-corrected chi connectivity index (χ0v) is 9.31. The van der Waals surface area contributed by atoms with Crippen molar-refractivity contribution in [2.24, 2.45) is 5.73 Å². The molecule has 0 aromatic heterocycles. The fraction of sp³-hybridized carbons (Fsp3) is 0.417. The molecule has 0 aliphatic rings. The van der Waals surface area contributed by atoms with E-state index in [9.17, 15) is 4.79 Å². The smallest absolute Gasteiger partial charge is 0.160 e. The Morgan fingerprint density at radius 3 is 2.53 bits per heavy atom. The molecule has 0 spiro atoms. The van der Waals surface area contributed by atoms with Crippen LogP contribution in [0.15, 0.2) is 30.3 Å². The number of nitrogens with two attached hydrogens (primary N) is 1. The molecule has 0 bridgehead atoms. The second-order valence-corrected chi connectivity index (χ2v) is 3.74. The first-order valence-corrected chi connectivity index (χ1v) is 5.12. The van der Waals surface area contributed by atoms with Crippen LogP contribution in [0.5, 0.6) is 0 Å². The molecule has 0 saturated carbocycles. The minimum Gasteiger partial charge on any atom is -0.324 e. The van der Waals surface area contributed by atoms with Crippen molar-refractivity contribution >= 4 is 5.78 Å². The zero-order chi connectivity index (χ0) is 11.3. The summed E-state index contributed by atoms with van der Waals surface area (Å²) in [4.78, 5) is 13.2. The van der Waals surface area contributed by atoms with Gasteiger partial charge in [-0.05, 0) is 19.5 Å². The van der Waals surface area contributed by atoms with E-state index in [0.717, 1.165) is 0 Å². The molecule has 2 N–H and O–H groups in total. The quantitative estimate of drug-likeness (QED) is 0.787. The second kappa shape index (κ2) is 5.63. The Bertz CT molecular complexity index is 311. The first kappa shape index (κ1) is 11.9. The van der Waals surface area contributed by atoms with E-state index in [0.29, 0.717) is 6.54 Å². The van der Waals surface area contributed by atoms with Gasteiger partial charge in [-0.1, -0.05) is 30.3 Å². The SMILES string of the molecule is CC(c1ccccc1)N(C)CC(=O)CN. The molecule has 0 fully saturated rings. The number of likely N-dealkylation sites (N-methyl/N-ethyl adjacent to an activating group) is 1. The van der Waals surface area contributed by atoms with Crippen molar-refractivity contribution in [1.29, 1.82) is 0 Å². The summed E-state index contributed by atoms with van der Waals surface area (Å²) in [6, 6.07) is 10.4. The monoisotopic (exact) mass is 206 g/mol. The van der Waals surface area contributed by atoms with Crippen LogP contribution in [0.2, 0.25) is 0 Å². The van der Waals surface area contributed by atoms with Crippen molar-refractivity contribution in [3.8, 4) is 0 Å². The standard InChI is InChI=1S/C12H18N2O/c1-10(11-6-4-3-5-7-11)14(2)9-12(15)8-13/h3-7,10H,8-9,13H2,1-2H3. The van der Waals surface area contributed by atoms with Gasteiger partial charge in [-0.3, -0.25) is 9.69 Å². The normalized spacial score (nSPS) is 12.8. The molecular weight excluding hydrogens is 188 g/mol. The summed E-state index contributed by atoms with van der Waals surface area (Å²) in [7, 11) is 1.94. The van der Waals surface area contributed by atoms with Gasteiger partial charge in [-0.2, -0.15) is 0 Å². The first-order valence-electron chi connectivity index (χ1n) is 5.12. The third-order valence-corrected chi connectivity index (χ3v) is 2.60. The molecule has 1 rings (SSSR count). The molecule has 1 aromatic rings. The summed E-state index contributed by atoms with van der Waals surface area (Å²) in [5.74, 6) is 0.0697. The Kier molecular flexibility index (Phi) is 4.46. The van der Waals surface area contributed by atoms with E-state index >= 15 is 0 Å². The van der Waals surface area contributed by atoms with E-state index < -0.39 is 0 Å². The van der Waals surface area contributed by atoms with Gasteiger partial charge < -0.3 is 5.73 Å².